The number of hydrogen-bond donors (Lipinski definition) is 3. The number of aliphatic hydroxyl groups is 1. The molecule has 5 rings (SSSR count). The van der Waals surface area contributed by atoms with Crippen LogP contribution >= 0.6 is 0 Å². The number of pyridine rings is 1. The molecule has 0 saturated carbocycles. The Morgan fingerprint density at radius 3 is 2.73 bits per heavy atom. The third-order valence-corrected chi connectivity index (χ3v) is 6.37. The fraction of sp³-hybridized carbons (Fsp3) is 0.435. The molecule has 1 unspecified atom stereocenters. The van der Waals surface area contributed by atoms with E-state index in [1.165, 1.54) is 0 Å². The Balaban J connectivity index is 1.70. The van der Waals surface area contributed by atoms with E-state index in [1.807, 2.05) is 31.2 Å². The maximum Gasteiger partial charge on any atom is 0.0960 e. The van der Waals surface area contributed by atoms with Crippen LogP contribution in [-0.4, -0.2) is 39.9 Å². The molecule has 0 bridgehead atoms. The van der Waals surface area contributed by atoms with Crippen LogP contribution in [0.1, 0.15) is 43.9 Å². The largest absolute Gasteiger partial charge is 0.389 e. The molecule has 3 N–H and O–H groups in total. The monoisotopic (exact) mass is 407 g/mol. The van der Waals surface area contributed by atoms with E-state index < -0.39 is 6.10 Å². The van der Waals surface area contributed by atoms with Crippen LogP contribution in [0.3, 0.4) is 0 Å². The molecule has 30 heavy (non-hydrogen) atoms. The van der Waals surface area contributed by atoms with Crippen LogP contribution in [0.4, 0.5) is 0 Å². The first-order chi connectivity index (χ1) is 14.5. The van der Waals surface area contributed by atoms with Crippen molar-refractivity contribution in [1.29, 1.82) is 0 Å². The molecule has 1 saturated heterocycles. The minimum atomic E-state index is -0.496. The SMILES string of the molecule is CC1=C(c2cnc3c4ccc(C(C)O)cc4n(CC4CCOCC4)c3c2)N(C)NN1. The summed E-state index contributed by atoms with van der Waals surface area (Å²) in [5.41, 5.74) is 13.8. The number of allylic oxidation sites excluding steroid dienone is 1. The summed E-state index contributed by atoms with van der Waals surface area (Å²) in [6.45, 7) is 6.47. The first-order valence-electron chi connectivity index (χ1n) is 10.7. The predicted octanol–water partition coefficient (Wildman–Crippen LogP) is 3.31. The summed E-state index contributed by atoms with van der Waals surface area (Å²) in [5, 5.41) is 13.3. The molecule has 1 atom stereocenters. The lowest BCUT2D eigenvalue weighted by atomic mass is 10.00. The molecule has 4 heterocycles. The fourth-order valence-electron chi connectivity index (χ4n) is 4.69. The van der Waals surface area contributed by atoms with Gasteiger partial charge in [0.2, 0.25) is 0 Å². The smallest absolute Gasteiger partial charge is 0.0960 e. The van der Waals surface area contributed by atoms with Gasteiger partial charge in [-0.05, 0) is 50.3 Å². The van der Waals surface area contributed by atoms with Crippen molar-refractivity contribution in [3.63, 3.8) is 0 Å². The average Bonchev–Trinajstić information content (AvgIpc) is 3.25. The number of nitrogens with zero attached hydrogens (tertiary/aromatic N) is 3. The highest BCUT2D eigenvalue weighted by Crippen LogP contribution is 2.34. The molecule has 0 aliphatic carbocycles. The van der Waals surface area contributed by atoms with Gasteiger partial charge in [0.25, 0.3) is 0 Å². The second kappa shape index (κ2) is 7.58. The van der Waals surface area contributed by atoms with Gasteiger partial charge in [-0.2, -0.15) is 0 Å². The Morgan fingerprint density at radius 2 is 2.03 bits per heavy atom. The van der Waals surface area contributed by atoms with Crippen molar-refractivity contribution in [3.8, 4) is 0 Å². The molecule has 7 nitrogen and oxygen atoms in total. The van der Waals surface area contributed by atoms with Gasteiger partial charge in [0, 0.05) is 44.0 Å². The highest BCUT2D eigenvalue weighted by atomic mass is 16.5. The van der Waals surface area contributed by atoms with Crippen LogP contribution in [0.2, 0.25) is 0 Å². The van der Waals surface area contributed by atoms with Gasteiger partial charge in [-0.15, -0.1) is 5.53 Å². The third-order valence-electron chi connectivity index (χ3n) is 6.37. The zero-order chi connectivity index (χ0) is 20.8. The van der Waals surface area contributed by atoms with E-state index in [2.05, 4.69) is 40.7 Å². The molecule has 2 aliphatic rings. The van der Waals surface area contributed by atoms with Crippen molar-refractivity contribution in [2.45, 2.75) is 39.3 Å². The van der Waals surface area contributed by atoms with Crippen LogP contribution in [0.25, 0.3) is 27.6 Å². The van der Waals surface area contributed by atoms with Crippen molar-refractivity contribution in [1.82, 2.24) is 25.5 Å². The topological polar surface area (TPSA) is 74.6 Å². The van der Waals surface area contributed by atoms with Crippen molar-refractivity contribution in [3.05, 3.63) is 47.3 Å². The van der Waals surface area contributed by atoms with Crippen LogP contribution in [0.5, 0.6) is 0 Å². The summed E-state index contributed by atoms with van der Waals surface area (Å²) in [7, 11) is 2.00. The molecule has 158 valence electrons. The van der Waals surface area contributed by atoms with Gasteiger partial charge < -0.3 is 19.8 Å². The first-order valence-corrected chi connectivity index (χ1v) is 10.7. The molecule has 1 aromatic carbocycles. The summed E-state index contributed by atoms with van der Waals surface area (Å²) in [6.07, 6.45) is 3.61. The zero-order valence-corrected chi connectivity index (χ0v) is 17.8. The second-order valence-corrected chi connectivity index (χ2v) is 8.48. The molecule has 0 radical (unpaired) electrons. The number of benzene rings is 1. The Morgan fingerprint density at radius 1 is 1.23 bits per heavy atom. The molecule has 0 spiro atoms. The molecular weight excluding hydrogens is 378 g/mol. The number of ether oxygens (including phenoxy) is 1. The summed E-state index contributed by atoms with van der Waals surface area (Å²) >= 11 is 0. The molecule has 1 fully saturated rings. The second-order valence-electron chi connectivity index (χ2n) is 8.48. The number of nitrogens with one attached hydrogen (secondary N) is 2. The lowest BCUT2D eigenvalue weighted by Crippen LogP contribution is -2.34. The highest BCUT2D eigenvalue weighted by Gasteiger charge is 2.22. The van der Waals surface area contributed by atoms with Gasteiger partial charge >= 0.3 is 0 Å². The first kappa shape index (κ1) is 19.4. The number of fused-ring (bicyclic) bond motifs is 3. The third kappa shape index (κ3) is 3.23. The van der Waals surface area contributed by atoms with Gasteiger partial charge in [0.15, 0.2) is 0 Å². The Bertz CT molecular complexity index is 1130. The van der Waals surface area contributed by atoms with E-state index in [0.717, 1.165) is 77.1 Å². The molecule has 2 aliphatic heterocycles. The summed E-state index contributed by atoms with van der Waals surface area (Å²) < 4.78 is 7.97. The van der Waals surface area contributed by atoms with Crippen molar-refractivity contribution in [2.75, 3.05) is 20.3 Å². The van der Waals surface area contributed by atoms with E-state index in [1.54, 1.807) is 0 Å². The van der Waals surface area contributed by atoms with Gasteiger partial charge in [-0.1, -0.05) is 12.1 Å². The summed E-state index contributed by atoms with van der Waals surface area (Å²) in [6, 6.07) is 8.47. The minimum Gasteiger partial charge on any atom is -0.389 e. The number of rotatable bonds is 4. The van der Waals surface area contributed by atoms with Crippen LogP contribution in [-0.2, 0) is 11.3 Å². The predicted molar refractivity (Wildman–Crippen MR) is 118 cm³/mol. The van der Waals surface area contributed by atoms with Gasteiger partial charge in [0.05, 0.1) is 34.0 Å². The van der Waals surface area contributed by atoms with E-state index in [4.69, 9.17) is 9.72 Å². The van der Waals surface area contributed by atoms with Crippen molar-refractivity contribution >= 4 is 27.6 Å². The lowest BCUT2D eigenvalue weighted by Gasteiger charge is -2.23. The van der Waals surface area contributed by atoms with E-state index in [0.29, 0.717) is 5.92 Å². The fourth-order valence-corrected chi connectivity index (χ4v) is 4.69. The molecule has 7 heteroatoms. The maximum atomic E-state index is 10.1. The minimum absolute atomic E-state index is 0.496. The molecule has 3 aromatic rings. The van der Waals surface area contributed by atoms with E-state index >= 15 is 0 Å². The lowest BCUT2D eigenvalue weighted by molar-refractivity contribution is 0.0619. The number of hydrogen-bond acceptors (Lipinski definition) is 6. The Labute approximate surface area is 176 Å². The molecule has 0 amide bonds. The van der Waals surface area contributed by atoms with Crippen LogP contribution in [0, 0.1) is 5.92 Å². The summed E-state index contributed by atoms with van der Waals surface area (Å²) in [4.78, 5) is 4.89. The highest BCUT2D eigenvalue weighted by molar-refractivity contribution is 6.06. The van der Waals surface area contributed by atoms with Gasteiger partial charge in [0.1, 0.15) is 0 Å². The van der Waals surface area contributed by atoms with E-state index in [9.17, 15) is 5.11 Å². The van der Waals surface area contributed by atoms with Crippen LogP contribution < -0.4 is 11.0 Å². The maximum absolute atomic E-state index is 10.1. The summed E-state index contributed by atoms with van der Waals surface area (Å²) in [5.74, 6) is 0.579. The van der Waals surface area contributed by atoms with Crippen molar-refractivity contribution in [2.24, 2.45) is 5.92 Å². The quantitative estimate of drug-likeness (QED) is 0.616. The number of hydrazine groups is 2. The normalized spacial score (nSPS) is 19.1. The Kier molecular flexibility index (Phi) is 4.89. The molecule has 2 aromatic heterocycles. The van der Waals surface area contributed by atoms with Crippen molar-refractivity contribution < 1.29 is 9.84 Å². The average molecular weight is 408 g/mol. The molecular formula is C23H29N5O2. The number of aliphatic hydroxyl groups excluding tert-OH is 1. The van der Waals surface area contributed by atoms with E-state index in [-0.39, 0.29) is 0 Å². The van der Waals surface area contributed by atoms with Crippen LogP contribution in [0.15, 0.2) is 36.2 Å². The zero-order valence-electron chi connectivity index (χ0n) is 17.8. The van der Waals surface area contributed by atoms with Gasteiger partial charge in [-0.3, -0.25) is 9.99 Å². The number of aromatic nitrogens is 2. The standard InChI is InChI=1S/C23H29N5O2/c1-14-23(27(3)26-25-14)18-11-21-22(24-12-18)19-5-4-17(15(2)29)10-20(19)28(21)13-16-6-8-30-9-7-16/h4-5,10-12,15-16,25-26,29H,6-9,13H2,1-3H3. The Hall–Kier alpha value is -2.61. The van der Waals surface area contributed by atoms with Gasteiger partial charge in [-0.25, -0.2) is 0 Å².